The van der Waals surface area contributed by atoms with E-state index in [0.717, 1.165) is 31.7 Å². The molecule has 0 amide bonds. The van der Waals surface area contributed by atoms with Crippen molar-refractivity contribution >= 4 is 44.8 Å². The van der Waals surface area contributed by atoms with Crippen molar-refractivity contribution in [1.29, 1.82) is 0 Å². The van der Waals surface area contributed by atoms with Gasteiger partial charge in [-0.1, -0.05) is 35.3 Å². The van der Waals surface area contributed by atoms with Gasteiger partial charge in [-0.15, -0.1) is 11.3 Å². The molecule has 0 fully saturated rings. The minimum absolute atomic E-state index is 0.754. The number of benzene rings is 2. The van der Waals surface area contributed by atoms with Gasteiger partial charge in [-0.3, -0.25) is 0 Å². The summed E-state index contributed by atoms with van der Waals surface area (Å²) in [7, 11) is 0. The van der Waals surface area contributed by atoms with Crippen molar-refractivity contribution in [2.24, 2.45) is 0 Å². The first-order valence-corrected chi connectivity index (χ1v) is 7.07. The summed E-state index contributed by atoms with van der Waals surface area (Å²) in [5, 5.41) is 2.61. The molecule has 0 saturated heterocycles. The van der Waals surface area contributed by atoms with Gasteiger partial charge in [0.1, 0.15) is 0 Å². The van der Waals surface area contributed by atoms with Crippen LogP contribution < -0.4 is 0 Å². The first kappa shape index (κ1) is 12.0. The zero-order valence-electron chi connectivity index (χ0n) is 9.36. The Morgan fingerprint density at radius 2 is 1.67 bits per heavy atom. The molecule has 18 heavy (non-hydrogen) atoms. The Labute approximate surface area is 119 Å². The van der Waals surface area contributed by atoms with E-state index in [4.69, 9.17) is 23.2 Å². The van der Waals surface area contributed by atoms with Crippen LogP contribution in [0.2, 0.25) is 10.0 Å². The molecule has 0 atom stereocenters. The molecule has 0 unspecified atom stereocenters. The molecular formula is C14H9Cl2NS. The fraction of sp³-hybridized carbons (Fsp3) is 0.0714. The summed E-state index contributed by atoms with van der Waals surface area (Å²) in [5.41, 5.74) is 2.22. The van der Waals surface area contributed by atoms with Gasteiger partial charge >= 0.3 is 0 Å². The molecule has 1 nitrogen and oxygen atoms in total. The minimum Gasteiger partial charge on any atom is -0.241 e. The number of aromatic nitrogens is 1. The Morgan fingerprint density at radius 3 is 2.44 bits per heavy atom. The van der Waals surface area contributed by atoms with E-state index in [1.807, 2.05) is 42.5 Å². The third kappa shape index (κ3) is 2.51. The van der Waals surface area contributed by atoms with Gasteiger partial charge in [-0.2, -0.15) is 0 Å². The van der Waals surface area contributed by atoms with Crippen molar-refractivity contribution in [3.63, 3.8) is 0 Å². The van der Waals surface area contributed by atoms with E-state index in [-0.39, 0.29) is 0 Å². The van der Waals surface area contributed by atoms with Crippen LogP contribution in [0.3, 0.4) is 0 Å². The van der Waals surface area contributed by atoms with E-state index in [9.17, 15) is 0 Å². The topological polar surface area (TPSA) is 12.9 Å². The highest BCUT2D eigenvalue weighted by Gasteiger charge is 2.05. The van der Waals surface area contributed by atoms with Crippen molar-refractivity contribution in [2.45, 2.75) is 6.42 Å². The van der Waals surface area contributed by atoms with Gasteiger partial charge in [0.25, 0.3) is 0 Å². The van der Waals surface area contributed by atoms with Crippen LogP contribution >= 0.6 is 34.5 Å². The molecule has 0 saturated carbocycles. The molecule has 0 aliphatic rings. The second-order valence-electron chi connectivity index (χ2n) is 4.02. The third-order valence-electron chi connectivity index (χ3n) is 2.66. The average molecular weight is 294 g/mol. The highest BCUT2D eigenvalue weighted by Crippen LogP contribution is 2.26. The molecule has 0 aliphatic heterocycles. The van der Waals surface area contributed by atoms with Crippen LogP contribution in [0.1, 0.15) is 10.6 Å². The lowest BCUT2D eigenvalue weighted by Crippen LogP contribution is -1.85. The Morgan fingerprint density at radius 1 is 0.944 bits per heavy atom. The van der Waals surface area contributed by atoms with Crippen molar-refractivity contribution in [3.05, 3.63) is 63.1 Å². The molecule has 0 spiro atoms. The molecule has 0 N–H and O–H groups in total. The van der Waals surface area contributed by atoms with E-state index < -0.39 is 0 Å². The summed E-state index contributed by atoms with van der Waals surface area (Å²) >= 11 is 13.5. The van der Waals surface area contributed by atoms with Gasteiger partial charge in [0, 0.05) is 16.5 Å². The first-order valence-electron chi connectivity index (χ1n) is 5.50. The molecular weight excluding hydrogens is 285 g/mol. The zero-order valence-corrected chi connectivity index (χ0v) is 11.7. The van der Waals surface area contributed by atoms with Crippen LogP contribution in [0.5, 0.6) is 0 Å². The molecule has 3 aromatic rings. The zero-order chi connectivity index (χ0) is 12.5. The lowest BCUT2D eigenvalue weighted by molar-refractivity contribution is 1.16. The Kier molecular flexibility index (Phi) is 3.25. The molecule has 2 aromatic carbocycles. The van der Waals surface area contributed by atoms with Gasteiger partial charge in [-0.05, 0) is 35.9 Å². The van der Waals surface area contributed by atoms with Crippen LogP contribution in [-0.4, -0.2) is 4.98 Å². The molecule has 4 heteroatoms. The maximum atomic E-state index is 5.97. The van der Waals surface area contributed by atoms with E-state index in [1.165, 1.54) is 5.56 Å². The smallest absolute Gasteiger partial charge is 0.0982 e. The maximum Gasteiger partial charge on any atom is 0.0982 e. The van der Waals surface area contributed by atoms with Crippen LogP contribution in [0.4, 0.5) is 0 Å². The summed E-state index contributed by atoms with van der Waals surface area (Å²) in [5.74, 6) is 0. The number of thiazole rings is 1. The predicted molar refractivity (Wildman–Crippen MR) is 78.9 cm³/mol. The summed E-state index contributed by atoms with van der Waals surface area (Å²) < 4.78 is 1.13. The van der Waals surface area contributed by atoms with Crippen molar-refractivity contribution in [1.82, 2.24) is 4.98 Å². The van der Waals surface area contributed by atoms with Crippen molar-refractivity contribution in [2.75, 3.05) is 0 Å². The fourth-order valence-electron chi connectivity index (χ4n) is 1.80. The minimum atomic E-state index is 0.754. The maximum absolute atomic E-state index is 5.97. The quantitative estimate of drug-likeness (QED) is 0.633. The second-order valence-corrected chi connectivity index (χ2v) is 6.01. The molecule has 0 aliphatic carbocycles. The van der Waals surface area contributed by atoms with Crippen molar-refractivity contribution in [3.8, 4) is 0 Å². The van der Waals surface area contributed by atoms with Crippen LogP contribution in [0, 0.1) is 0 Å². The normalized spacial score (nSPS) is 11.0. The summed E-state index contributed by atoms with van der Waals surface area (Å²) in [4.78, 5) is 4.60. The summed E-state index contributed by atoms with van der Waals surface area (Å²) in [6, 6.07) is 13.7. The average Bonchev–Trinajstić information content (AvgIpc) is 2.73. The fourth-order valence-corrected chi connectivity index (χ4v) is 3.20. The van der Waals surface area contributed by atoms with E-state index in [1.54, 1.807) is 11.3 Å². The number of hydrogen-bond acceptors (Lipinski definition) is 2. The standard InChI is InChI=1S/C14H9Cl2NS/c15-10-3-1-9(2-4-10)7-14-17-12-6-5-11(16)8-13(12)18-14/h1-6,8H,7H2. The van der Waals surface area contributed by atoms with Gasteiger partial charge < -0.3 is 0 Å². The number of rotatable bonds is 2. The molecule has 3 rings (SSSR count). The van der Waals surface area contributed by atoms with Gasteiger partial charge in [-0.25, -0.2) is 4.98 Å². The monoisotopic (exact) mass is 293 g/mol. The van der Waals surface area contributed by atoms with Crippen LogP contribution in [-0.2, 0) is 6.42 Å². The Balaban J connectivity index is 1.92. The van der Waals surface area contributed by atoms with Crippen LogP contribution in [0.25, 0.3) is 10.2 Å². The Bertz CT molecular complexity index is 689. The number of fused-ring (bicyclic) bond motifs is 1. The lowest BCUT2D eigenvalue weighted by atomic mass is 10.2. The second kappa shape index (κ2) is 4.88. The van der Waals surface area contributed by atoms with Gasteiger partial charge in [0.15, 0.2) is 0 Å². The SMILES string of the molecule is Clc1ccc(Cc2nc3ccc(Cl)cc3s2)cc1. The molecule has 0 bridgehead atoms. The van der Waals surface area contributed by atoms with Gasteiger partial charge in [0.2, 0.25) is 0 Å². The number of hydrogen-bond donors (Lipinski definition) is 0. The molecule has 90 valence electrons. The highest BCUT2D eigenvalue weighted by molar-refractivity contribution is 7.18. The Hall–Kier alpha value is -1.09. The third-order valence-corrected chi connectivity index (χ3v) is 4.17. The molecule has 1 aromatic heterocycles. The number of nitrogens with zero attached hydrogens (tertiary/aromatic N) is 1. The summed E-state index contributed by atoms with van der Waals surface area (Å²) in [6.07, 6.45) is 0.828. The lowest BCUT2D eigenvalue weighted by Gasteiger charge is -1.97. The summed E-state index contributed by atoms with van der Waals surface area (Å²) in [6.45, 7) is 0. The van der Waals surface area contributed by atoms with Crippen molar-refractivity contribution < 1.29 is 0 Å². The van der Waals surface area contributed by atoms with E-state index in [2.05, 4.69) is 4.98 Å². The van der Waals surface area contributed by atoms with Gasteiger partial charge in [0.05, 0.1) is 15.2 Å². The number of halogens is 2. The highest BCUT2D eigenvalue weighted by atomic mass is 35.5. The molecule has 0 radical (unpaired) electrons. The predicted octanol–water partition coefficient (Wildman–Crippen LogP) is 5.19. The van der Waals surface area contributed by atoms with E-state index in [0.29, 0.717) is 0 Å². The van der Waals surface area contributed by atoms with E-state index >= 15 is 0 Å². The van der Waals surface area contributed by atoms with Crippen LogP contribution in [0.15, 0.2) is 42.5 Å². The first-order chi connectivity index (χ1) is 8.70. The molecule has 1 heterocycles. The largest absolute Gasteiger partial charge is 0.241 e.